The van der Waals surface area contributed by atoms with Crippen molar-refractivity contribution in [3.8, 4) is 0 Å². The molecule has 2 heterocycles. The van der Waals surface area contributed by atoms with E-state index >= 15 is 0 Å². The standard InChI is InChI=1S/C12H23N3O3S/c13-11-1-4-15(5-2-11)8-12(16)14-7-10-3-6-19(17,18)9-10/h10-11H,1-9,13H2,(H,14,16). The molecule has 0 spiro atoms. The molecule has 1 atom stereocenters. The van der Waals surface area contributed by atoms with Crippen LogP contribution >= 0.6 is 0 Å². The van der Waals surface area contributed by atoms with Crippen LogP contribution in [0, 0.1) is 5.92 Å². The summed E-state index contributed by atoms with van der Waals surface area (Å²) in [6.45, 7) is 2.61. The first-order chi connectivity index (χ1) is 8.94. The Morgan fingerprint density at radius 3 is 2.53 bits per heavy atom. The van der Waals surface area contributed by atoms with Crippen molar-refractivity contribution in [1.29, 1.82) is 0 Å². The van der Waals surface area contributed by atoms with E-state index in [1.165, 1.54) is 0 Å². The van der Waals surface area contributed by atoms with Crippen molar-refractivity contribution in [2.45, 2.75) is 25.3 Å². The zero-order valence-electron chi connectivity index (χ0n) is 11.2. The molecule has 2 saturated heterocycles. The maximum atomic E-state index is 11.8. The Balaban J connectivity index is 1.65. The van der Waals surface area contributed by atoms with Gasteiger partial charge in [0.15, 0.2) is 9.84 Å². The first-order valence-electron chi connectivity index (χ1n) is 6.90. The highest BCUT2D eigenvalue weighted by atomic mass is 32.2. The van der Waals surface area contributed by atoms with Crippen LogP contribution in [0.3, 0.4) is 0 Å². The topological polar surface area (TPSA) is 92.5 Å². The fourth-order valence-corrected chi connectivity index (χ4v) is 4.52. The maximum Gasteiger partial charge on any atom is 0.234 e. The highest BCUT2D eigenvalue weighted by molar-refractivity contribution is 7.91. The van der Waals surface area contributed by atoms with Gasteiger partial charge in [0.2, 0.25) is 5.91 Å². The lowest BCUT2D eigenvalue weighted by atomic mass is 10.1. The monoisotopic (exact) mass is 289 g/mol. The summed E-state index contributed by atoms with van der Waals surface area (Å²) in [6.07, 6.45) is 2.55. The molecular formula is C12H23N3O3S. The summed E-state index contributed by atoms with van der Waals surface area (Å²) in [5.41, 5.74) is 5.81. The van der Waals surface area contributed by atoms with Gasteiger partial charge in [-0.2, -0.15) is 0 Å². The second kappa shape index (κ2) is 6.19. The molecule has 2 aliphatic heterocycles. The van der Waals surface area contributed by atoms with Gasteiger partial charge in [-0.3, -0.25) is 9.69 Å². The minimum Gasteiger partial charge on any atom is -0.355 e. The van der Waals surface area contributed by atoms with Crippen LogP contribution in [0.2, 0.25) is 0 Å². The second-order valence-electron chi connectivity index (χ2n) is 5.69. The van der Waals surface area contributed by atoms with Crippen LogP contribution in [0.25, 0.3) is 0 Å². The van der Waals surface area contributed by atoms with Crippen molar-refractivity contribution in [3.05, 3.63) is 0 Å². The summed E-state index contributed by atoms with van der Waals surface area (Å²) in [5.74, 6) is 0.548. The molecule has 7 heteroatoms. The van der Waals surface area contributed by atoms with Crippen LogP contribution in [0.5, 0.6) is 0 Å². The van der Waals surface area contributed by atoms with Gasteiger partial charge in [-0.25, -0.2) is 8.42 Å². The average Bonchev–Trinajstić information content (AvgIpc) is 2.69. The number of piperidine rings is 1. The van der Waals surface area contributed by atoms with Crippen LogP contribution in [0.1, 0.15) is 19.3 Å². The van der Waals surface area contributed by atoms with Crippen LogP contribution in [0.4, 0.5) is 0 Å². The van der Waals surface area contributed by atoms with Gasteiger partial charge >= 0.3 is 0 Å². The van der Waals surface area contributed by atoms with Gasteiger partial charge in [-0.15, -0.1) is 0 Å². The smallest absolute Gasteiger partial charge is 0.234 e. The maximum absolute atomic E-state index is 11.8. The van der Waals surface area contributed by atoms with Crippen molar-refractivity contribution in [2.75, 3.05) is 37.7 Å². The largest absolute Gasteiger partial charge is 0.355 e. The molecular weight excluding hydrogens is 266 g/mol. The van der Waals surface area contributed by atoms with Gasteiger partial charge in [-0.05, 0) is 25.2 Å². The third-order valence-electron chi connectivity index (χ3n) is 3.91. The van der Waals surface area contributed by atoms with E-state index in [1.54, 1.807) is 0 Å². The predicted molar refractivity (Wildman–Crippen MR) is 73.4 cm³/mol. The lowest BCUT2D eigenvalue weighted by Crippen LogP contribution is -2.45. The lowest BCUT2D eigenvalue weighted by molar-refractivity contribution is -0.122. The Labute approximate surface area is 114 Å². The Kier molecular flexibility index (Phi) is 4.81. The molecule has 2 rings (SSSR count). The van der Waals surface area contributed by atoms with Crippen LogP contribution in [-0.4, -0.2) is 63.0 Å². The van der Waals surface area contributed by atoms with Crippen molar-refractivity contribution >= 4 is 15.7 Å². The quantitative estimate of drug-likeness (QED) is 0.690. The number of nitrogens with two attached hydrogens (primary N) is 1. The van der Waals surface area contributed by atoms with Gasteiger partial charge in [0.25, 0.3) is 0 Å². The van der Waals surface area contributed by atoms with Crippen LogP contribution in [0.15, 0.2) is 0 Å². The Morgan fingerprint density at radius 2 is 1.95 bits per heavy atom. The summed E-state index contributed by atoms with van der Waals surface area (Å²) < 4.78 is 22.6. The molecule has 0 bridgehead atoms. The van der Waals surface area contributed by atoms with Crippen molar-refractivity contribution < 1.29 is 13.2 Å². The highest BCUT2D eigenvalue weighted by Crippen LogP contribution is 2.17. The number of likely N-dealkylation sites (tertiary alicyclic amines) is 1. The number of sulfone groups is 1. The van der Waals surface area contributed by atoms with Gasteiger partial charge in [0.1, 0.15) is 0 Å². The normalized spacial score (nSPS) is 28.4. The summed E-state index contributed by atoms with van der Waals surface area (Å²) in [5, 5.41) is 2.84. The average molecular weight is 289 g/mol. The molecule has 0 aromatic heterocycles. The van der Waals surface area contributed by atoms with E-state index in [0.717, 1.165) is 25.9 Å². The predicted octanol–water partition coefficient (Wildman–Crippen LogP) is -1.04. The van der Waals surface area contributed by atoms with Gasteiger partial charge < -0.3 is 11.1 Å². The van der Waals surface area contributed by atoms with Crippen LogP contribution < -0.4 is 11.1 Å². The molecule has 3 N–H and O–H groups in total. The number of amides is 1. The second-order valence-corrected chi connectivity index (χ2v) is 7.92. The Bertz CT molecular complexity index is 416. The van der Waals surface area contributed by atoms with E-state index < -0.39 is 9.84 Å². The van der Waals surface area contributed by atoms with E-state index in [4.69, 9.17) is 5.73 Å². The Morgan fingerprint density at radius 1 is 1.26 bits per heavy atom. The number of hydrogen-bond acceptors (Lipinski definition) is 5. The third kappa shape index (κ3) is 4.74. The van der Waals surface area contributed by atoms with E-state index in [9.17, 15) is 13.2 Å². The zero-order valence-corrected chi connectivity index (χ0v) is 12.0. The molecule has 1 amide bonds. The van der Waals surface area contributed by atoms with E-state index in [0.29, 0.717) is 19.5 Å². The van der Waals surface area contributed by atoms with Crippen molar-refractivity contribution in [3.63, 3.8) is 0 Å². The van der Waals surface area contributed by atoms with Crippen LogP contribution in [-0.2, 0) is 14.6 Å². The Hall–Kier alpha value is -0.660. The number of carbonyl (C=O) groups excluding carboxylic acids is 1. The molecule has 19 heavy (non-hydrogen) atoms. The zero-order chi connectivity index (χ0) is 13.9. The lowest BCUT2D eigenvalue weighted by Gasteiger charge is -2.29. The van der Waals surface area contributed by atoms with Gasteiger partial charge in [0, 0.05) is 25.7 Å². The van der Waals surface area contributed by atoms with Crippen molar-refractivity contribution in [1.82, 2.24) is 10.2 Å². The van der Waals surface area contributed by atoms with Gasteiger partial charge in [0.05, 0.1) is 18.1 Å². The summed E-state index contributed by atoms with van der Waals surface area (Å²) in [7, 11) is -2.85. The fourth-order valence-electron chi connectivity index (χ4n) is 2.66. The molecule has 2 aliphatic rings. The summed E-state index contributed by atoms with van der Waals surface area (Å²) in [4.78, 5) is 13.9. The third-order valence-corrected chi connectivity index (χ3v) is 5.75. The molecule has 0 aliphatic carbocycles. The number of hydrogen-bond donors (Lipinski definition) is 2. The molecule has 2 fully saturated rings. The number of carbonyl (C=O) groups is 1. The van der Waals surface area contributed by atoms with Gasteiger partial charge in [-0.1, -0.05) is 0 Å². The molecule has 0 aromatic rings. The van der Waals surface area contributed by atoms with E-state index in [2.05, 4.69) is 10.2 Å². The summed E-state index contributed by atoms with van der Waals surface area (Å²) >= 11 is 0. The number of rotatable bonds is 4. The first-order valence-corrected chi connectivity index (χ1v) is 8.72. The van der Waals surface area contributed by atoms with E-state index in [1.807, 2.05) is 0 Å². The molecule has 0 saturated carbocycles. The first kappa shape index (κ1) is 14.7. The minimum atomic E-state index is -2.85. The molecule has 0 aromatic carbocycles. The number of nitrogens with one attached hydrogen (secondary N) is 1. The highest BCUT2D eigenvalue weighted by Gasteiger charge is 2.28. The summed E-state index contributed by atoms with van der Waals surface area (Å²) in [6, 6.07) is 0.267. The minimum absolute atomic E-state index is 0.0141. The van der Waals surface area contributed by atoms with Crippen molar-refractivity contribution in [2.24, 2.45) is 11.7 Å². The molecule has 1 unspecified atom stereocenters. The van der Waals surface area contributed by atoms with E-state index in [-0.39, 0.29) is 29.4 Å². The molecule has 110 valence electrons. The molecule has 0 radical (unpaired) electrons. The SMILES string of the molecule is NC1CCN(CC(=O)NCC2CCS(=O)(=O)C2)CC1. The molecule has 6 nitrogen and oxygen atoms in total. The fraction of sp³-hybridized carbons (Fsp3) is 0.917. The number of nitrogens with zero attached hydrogens (tertiary/aromatic N) is 1.